The van der Waals surface area contributed by atoms with Crippen LogP contribution in [0.25, 0.3) is 0 Å². The number of amides is 1. The van der Waals surface area contributed by atoms with Gasteiger partial charge in [-0.05, 0) is 24.6 Å². The summed E-state index contributed by atoms with van der Waals surface area (Å²) < 4.78 is 11.4. The molecule has 1 aromatic heterocycles. The van der Waals surface area contributed by atoms with E-state index in [0.717, 1.165) is 15.0 Å². The molecule has 0 aliphatic heterocycles. The molecule has 11 nitrogen and oxygen atoms in total. The largest absolute Gasteiger partial charge is 0.481 e. The third-order valence-electron chi connectivity index (χ3n) is 4.99. The number of nitrogen functional groups attached to an aromatic ring is 1. The zero-order valence-electron chi connectivity index (χ0n) is 18.9. The average Bonchev–Trinajstić information content (AvgIpc) is 2.87. The van der Waals surface area contributed by atoms with Gasteiger partial charge in [0.15, 0.2) is 18.9 Å². The summed E-state index contributed by atoms with van der Waals surface area (Å²) in [4.78, 5) is 53.0. The SMILES string of the molecule is CCN(C(=O)COC(=O)COc1ccccc1C#N)c1c(N)n(Cc2ccccc2)c(=O)[nH]c1=O. The lowest BCUT2D eigenvalue weighted by Gasteiger charge is -2.23. The molecular weight excluding hydrogens is 454 g/mol. The molecule has 0 unspecified atom stereocenters. The molecule has 0 fully saturated rings. The van der Waals surface area contributed by atoms with E-state index in [1.54, 1.807) is 43.3 Å². The number of ether oxygens (including phenoxy) is 2. The van der Waals surface area contributed by atoms with Crippen LogP contribution in [0, 0.1) is 11.3 Å². The van der Waals surface area contributed by atoms with E-state index in [2.05, 4.69) is 4.98 Å². The van der Waals surface area contributed by atoms with Crippen LogP contribution in [0.1, 0.15) is 18.1 Å². The van der Waals surface area contributed by atoms with Crippen LogP contribution in [0.2, 0.25) is 0 Å². The molecule has 3 N–H and O–H groups in total. The lowest BCUT2D eigenvalue weighted by molar-refractivity contribution is -0.149. The number of carbonyl (C=O) groups is 2. The van der Waals surface area contributed by atoms with Gasteiger partial charge in [0.25, 0.3) is 11.5 Å². The number of nitrogens with zero attached hydrogens (tertiary/aromatic N) is 3. The number of carbonyl (C=O) groups excluding carboxylic acids is 2. The molecule has 180 valence electrons. The van der Waals surface area contributed by atoms with Crippen LogP contribution in [0.5, 0.6) is 5.75 Å². The third kappa shape index (κ3) is 5.94. The van der Waals surface area contributed by atoms with E-state index in [1.165, 1.54) is 12.1 Å². The summed E-state index contributed by atoms with van der Waals surface area (Å²) in [6.07, 6.45) is 0. The molecule has 0 radical (unpaired) electrons. The number of nitrogens with two attached hydrogens (primary N) is 1. The molecule has 3 rings (SSSR count). The molecule has 1 amide bonds. The first-order valence-electron chi connectivity index (χ1n) is 10.6. The predicted octanol–water partition coefficient (Wildman–Crippen LogP) is 1.01. The van der Waals surface area contributed by atoms with E-state index >= 15 is 0 Å². The molecule has 3 aromatic rings. The Hall–Kier alpha value is -4.85. The van der Waals surface area contributed by atoms with E-state index in [9.17, 15) is 19.2 Å². The van der Waals surface area contributed by atoms with Crippen molar-refractivity contribution in [1.82, 2.24) is 9.55 Å². The Morgan fingerprint density at radius 2 is 1.77 bits per heavy atom. The van der Waals surface area contributed by atoms with Gasteiger partial charge in [0, 0.05) is 6.54 Å². The molecule has 35 heavy (non-hydrogen) atoms. The summed E-state index contributed by atoms with van der Waals surface area (Å²) in [5, 5.41) is 9.06. The van der Waals surface area contributed by atoms with Gasteiger partial charge in [0.1, 0.15) is 17.6 Å². The van der Waals surface area contributed by atoms with Crippen LogP contribution in [0.4, 0.5) is 11.5 Å². The highest BCUT2D eigenvalue weighted by molar-refractivity contribution is 5.97. The number of hydrogen-bond acceptors (Lipinski definition) is 8. The molecule has 2 aromatic carbocycles. The van der Waals surface area contributed by atoms with Gasteiger partial charge in [-0.1, -0.05) is 42.5 Å². The first-order chi connectivity index (χ1) is 16.8. The maximum Gasteiger partial charge on any atom is 0.344 e. The highest BCUT2D eigenvalue weighted by Crippen LogP contribution is 2.18. The van der Waals surface area contributed by atoms with Gasteiger partial charge < -0.3 is 20.1 Å². The second kappa shape index (κ2) is 11.3. The number of hydrogen-bond donors (Lipinski definition) is 2. The van der Waals surface area contributed by atoms with Gasteiger partial charge >= 0.3 is 11.7 Å². The molecular formula is C24H23N5O6. The molecule has 0 saturated heterocycles. The van der Waals surface area contributed by atoms with Gasteiger partial charge in [0.05, 0.1) is 12.1 Å². The van der Waals surface area contributed by atoms with Crippen molar-refractivity contribution in [3.8, 4) is 11.8 Å². The van der Waals surface area contributed by atoms with Crippen molar-refractivity contribution >= 4 is 23.4 Å². The van der Waals surface area contributed by atoms with Crippen LogP contribution in [0.3, 0.4) is 0 Å². The molecule has 0 aliphatic rings. The Labute approximate surface area is 199 Å². The zero-order chi connectivity index (χ0) is 25.4. The standard InChI is InChI=1S/C24H23N5O6/c1-2-28(19(30)14-35-20(31)15-34-18-11-7-6-10-17(18)12-25)21-22(26)29(24(33)27-23(21)32)13-16-8-4-3-5-9-16/h3-11H,2,13-15,26H2,1H3,(H,27,32,33). The fourth-order valence-electron chi connectivity index (χ4n) is 3.30. The highest BCUT2D eigenvalue weighted by Gasteiger charge is 2.24. The van der Waals surface area contributed by atoms with Gasteiger partial charge in [-0.25, -0.2) is 9.59 Å². The summed E-state index contributed by atoms with van der Waals surface area (Å²) in [5.74, 6) is -1.56. The number of nitriles is 1. The fraction of sp³-hybridized carbons (Fsp3) is 0.208. The molecule has 0 atom stereocenters. The number of aromatic amines is 1. The zero-order valence-corrected chi connectivity index (χ0v) is 18.9. The van der Waals surface area contributed by atoms with Crippen LogP contribution in [-0.4, -0.2) is 41.2 Å². The van der Waals surface area contributed by atoms with Gasteiger partial charge in [-0.3, -0.25) is 19.1 Å². The molecule has 0 saturated carbocycles. The Morgan fingerprint density at radius 3 is 2.46 bits per heavy atom. The number of likely N-dealkylation sites (N-methyl/N-ethyl adjacent to an activating group) is 1. The topological polar surface area (TPSA) is 161 Å². The first-order valence-corrected chi connectivity index (χ1v) is 10.6. The number of para-hydroxylation sites is 1. The smallest absolute Gasteiger partial charge is 0.344 e. The Morgan fingerprint density at radius 1 is 1.09 bits per heavy atom. The minimum absolute atomic E-state index is 0.0270. The van der Waals surface area contributed by atoms with Crippen molar-refractivity contribution in [2.45, 2.75) is 13.5 Å². The molecule has 11 heteroatoms. The number of nitrogens with one attached hydrogen (secondary N) is 1. The number of benzene rings is 2. The van der Waals surface area contributed by atoms with Crippen LogP contribution >= 0.6 is 0 Å². The van der Waals surface area contributed by atoms with Crippen molar-refractivity contribution in [3.63, 3.8) is 0 Å². The molecule has 1 heterocycles. The van der Waals surface area contributed by atoms with Crippen LogP contribution in [-0.2, 0) is 20.9 Å². The number of esters is 1. The van der Waals surface area contributed by atoms with Crippen LogP contribution in [0.15, 0.2) is 64.2 Å². The quantitative estimate of drug-likeness (QED) is 0.432. The lowest BCUT2D eigenvalue weighted by Crippen LogP contribution is -2.42. The second-order valence-electron chi connectivity index (χ2n) is 7.26. The maximum absolute atomic E-state index is 12.8. The summed E-state index contributed by atoms with van der Waals surface area (Å²) in [5.41, 5.74) is 5.37. The van der Waals surface area contributed by atoms with Crippen LogP contribution < -0.4 is 26.6 Å². The number of rotatable bonds is 9. The molecule has 0 spiro atoms. The number of aromatic nitrogens is 2. The fourth-order valence-corrected chi connectivity index (χ4v) is 3.30. The Bertz CT molecular complexity index is 1370. The highest BCUT2D eigenvalue weighted by atomic mass is 16.6. The van der Waals surface area contributed by atoms with E-state index in [-0.39, 0.29) is 35.9 Å². The van der Waals surface area contributed by atoms with E-state index in [1.807, 2.05) is 12.1 Å². The van der Waals surface area contributed by atoms with Crippen molar-refractivity contribution in [1.29, 1.82) is 5.26 Å². The van der Waals surface area contributed by atoms with Crippen molar-refractivity contribution in [2.24, 2.45) is 0 Å². The second-order valence-corrected chi connectivity index (χ2v) is 7.26. The monoisotopic (exact) mass is 477 g/mol. The van der Waals surface area contributed by atoms with Gasteiger partial charge in [-0.2, -0.15) is 5.26 Å². The van der Waals surface area contributed by atoms with E-state index < -0.39 is 36.3 Å². The first kappa shape index (κ1) is 24.8. The van der Waals surface area contributed by atoms with Crippen molar-refractivity contribution in [3.05, 3.63) is 86.6 Å². The Balaban J connectivity index is 1.72. The lowest BCUT2D eigenvalue weighted by atomic mass is 10.2. The Kier molecular flexibility index (Phi) is 8.02. The predicted molar refractivity (Wildman–Crippen MR) is 127 cm³/mol. The minimum atomic E-state index is -0.849. The van der Waals surface area contributed by atoms with Gasteiger partial charge in [-0.15, -0.1) is 0 Å². The third-order valence-corrected chi connectivity index (χ3v) is 4.99. The van der Waals surface area contributed by atoms with Gasteiger partial charge in [0.2, 0.25) is 0 Å². The number of anilines is 2. The minimum Gasteiger partial charge on any atom is -0.481 e. The molecule has 0 aliphatic carbocycles. The van der Waals surface area contributed by atoms with Crippen molar-refractivity contribution < 1.29 is 19.1 Å². The summed E-state index contributed by atoms with van der Waals surface area (Å²) in [6, 6.07) is 17.3. The summed E-state index contributed by atoms with van der Waals surface area (Å²) in [6.45, 7) is 0.499. The van der Waals surface area contributed by atoms with Crippen molar-refractivity contribution in [2.75, 3.05) is 30.4 Å². The molecule has 0 bridgehead atoms. The normalized spacial score (nSPS) is 10.3. The van der Waals surface area contributed by atoms with E-state index in [4.69, 9.17) is 20.5 Å². The summed E-state index contributed by atoms with van der Waals surface area (Å²) >= 11 is 0. The summed E-state index contributed by atoms with van der Waals surface area (Å²) in [7, 11) is 0. The maximum atomic E-state index is 12.8. The average molecular weight is 477 g/mol. The van der Waals surface area contributed by atoms with E-state index in [0.29, 0.717) is 0 Å². The number of H-pyrrole nitrogens is 1.